The number of hydrogen-bond acceptors (Lipinski definition) is 3. The lowest BCUT2D eigenvalue weighted by Crippen LogP contribution is -2.59. The molecular weight excluding hydrogens is 633 g/mol. The summed E-state index contributed by atoms with van der Waals surface area (Å²) >= 11 is 0. The van der Waals surface area contributed by atoms with Crippen LogP contribution in [0.25, 0.3) is 55.3 Å². The largest absolute Gasteiger partial charge is 0.458 e. The van der Waals surface area contributed by atoms with Gasteiger partial charge in [-0.3, -0.25) is 0 Å². The molecule has 4 heteroatoms. The van der Waals surface area contributed by atoms with Crippen molar-refractivity contribution in [2.45, 2.75) is 0 Å². The van der Waals surface area contributed by atoms with Gasteiger partial charge in [-0.15, -0.1) is 0 Å². The molecule has 242 valence electrons. The number of benzene rings is 8. The van der Waals surface area contributed by atoms with Crippen LogP contribution >= 0.6 is 0 Å². The van der Waals surface area contributed by atoms with Crippen molar-refractivity contribution in [3.05, 3.63) is 182 Å². The fraction of sp³-hybridized carbons (Fsp3) is 0. The monoisotopic (exact) mass is 663 g/mol. The Hall–Kier alpha value is -6.78. The first-order valence-corrected chi connectivity index (χ1v) is 17.8. The highest BCUT2D eigenvalue weighted by molar-refractivity contribution is 6.99. The van der Waals surface area contributed by atoms with E-state index in [-0.39, 0.29) is 6.71 Å². The molecule has 11 rings (SSSR count). The van der Waals surface area contributed by atoms with Gasteiger partial charge < -0.3 is 14.1 Å². The zero-order valence-corrected chi connectivity index (χ0v) is 28.2. The smallest absolute Gasteiger partial charge is 0.256 e. The van der Waals surface area contributed by atoms with Crippen LogP contribution in [0.4, 0.5) is 17.1 Å². The van der Waals surface area contributed by atoms with Gasteiger partial charge in [0.1, 0.15) is 22.7 Å². The van der Waals surface area contributed by atoms with Crippen LogP contribution in [0.5, 0.6) is 11.5 Å². The van der Waals surface area contributed by atoms with E-state index >= 15 is 0 Å². The van der Waals surface area contributed by atoms with Crippen LogP contribution in [0.3, 0.4) is 0 Å². The number of fused-ring (bicyclic) bond motifs is 7. The van der Waals surface area contributed by atoms with Gasteiger partial charge in [0.25, 0.3) is 6.71 Å². The summed E-state index contributed by atoms with van der Waals surface area (Å²) in [6.07, 6.45) is 0. The van der Waals surface area contributed by atoms with Gasteiger partial charge in [0, 0.05) is 33.3 Å². The predicted octanol–water partition coefficient (Wildman–Crippen LogP) is 11.0. The van der Waals surface area contributed by atoms with E-state index in [9.17, 15) is 0 Å². The topological polar surface area (TPSA) is 25.6 Å². The Morgan fingerprint density at radius 3 is 1.85 bits per heavy atom. The Morgan fingerprint density at radius 2 is 1.06 bits per heavy atom. The van der Waals surface area contributed by atoms with Crippen molar-refractivity contribution in [2.75, 3.05) is 4.90 Å². The number of nitrogens with zero attached hydrogens (tertiary/aromatic N) is 1. The molecule has 9 aromatic rings. The van der Waals surface area contributed by atoms with Gasteiger partial charge in [-0.2, -0.15) is 0 Å². The molecule has 0 spiro atoms. The van der Waals surface area contributed by atoms with E-state index in [1.54, 1.807) is 0 Å². The van der Waals surface area contributed by atoms with Gasteiger partial charge in [0.15, 0.2) is 0 Å². The second-order valence-corrected chi connectivity index (χ2v) is 13.6. The van der Waals surface area contributed by atoms with Gasteiger partial charge in [0.2, 0.25) is 0 Å². The van der Waals surface area contributed by atoms with Crippen molar-refractivity contribution in [3.8, 4) is 44.9 Å². The highest BCUT2D eigenvalue weighted by Crippen LogP contribution is 2.49. The number of anilines is 3. The minimum Gasteiger partial charge on any atom is -0.458 e. The van der Waals surface area contributed by atoms with E-state index in [1.165, 1.54) is 27.5 Å². The van der Waals surface area contributed by atoms with Crippen LogP contribution in [0.2, 0.25) is 0 Å². The minimum absolute atomic E-state index is 0.0146. The fourth-order valence-electron chi connectivity index (χ4n) is 8.44. The highest BCUT2D eigenvalue weighted by Gasteiger charge is 2.42. The van der Waals surface area contributed by atoms with Gasteiger partial charge in [-0.1, -0.05) is 140 Å². The molecule has 3 nitrogen and oxygen atoms in total. The molecule has 0 saturated carbocycles. The zero-order chi connectivity index (χ0) is 34.2. The van der Waals surface area contributed by atoms with E-state index < -0.39 is 0 Å². The van der Waals surface area contributed by atoms with Crippen LogP contribution in [0.1, 0.15) is 0 Å². The quantitative estimate of drug-likeness (QED) is 0.175. The summed E-state index contributed by atoms with van der Waals surface area (Å²) in [6.45, 7) is 0.0146. The summed E-state index contributed by atoms with van der Waals surface area (Å²) in [7, 11) is 0. The summed E-state index contributed by atoms with van der Waals surface area (Å²) in [5.41, 5.74) is 15.7. The molecule has 0 amide bonds. The van der Waals surface area contributed by atoms with E-state index in [2.05, 4.69) is 175 Å². The van der Waals surface area contributed by atoms with E-state index in [1.807, 2.05) is 12.1 Å². The Labute approximate surface area is 302 Å². The van der Waals surface area contributed by atoms with Crippen LogP contribution in [-0.4, -0.2) is 6.71 Å². The summed E-state index contributed by atoms with van der Waals surface area (Å²) in [5, 5.41) is 2.22. The maximum absolute atomic E-state index is 6.91. The summed E-state index contributed by atoms with van der Waals surface area (Å²) in [4.78, 5) is 2.50. The van der Waals surface area contributed by atoms with Crippen molar-refractivity contribution in [2.24, 2.45) is 0 Å². The summed E-state index contributed by atoms with van der Waals surface area (Å²) < 4.78 is 13.1. The van der Waals surface area contributed by atoms with E-state index in [0.717, 1.165) is 72.8 Å². The van der Waals surface area contributed by atoms with Crippen LogP contribution in [0.15, 0.2) is 186 Å². The number of para-hydroxylation sites is 4. The third-order valence-corrected chi connectivity index (χ3v) is 10.7. The Kier molecular flexibility index (Phi) is 6.35. The number of rotatable bonds is 4. The van der Waals surface area contributed by atoms with Crippen LogP contribution in [0, 0.1) is 0 Å². The van der Waals surface area contributed by atoms with Gasteiger partial charge in [0.05, 0.1) is 5.69 Å². The zero-order valence-electron chi connectivity index (χ0n) is 28.2. The average molecular weight is 664 g/mol. The first kappa shape index (κ1) is 29.0. The molecule has 0 unspecified atom stereocenters. The van der Waals surface area contributed by atoms with Gasteiger partial charge in [-0.25, -0.2) is 0 Å². The summed E-state index contributed by atoms with van der Waals surface area (Å²) in [6, 6.07) is 65.0. The molecular formula is C48H30BNO2. The van der Waals surface area contributed by atoms with Gasteiger partial charge in [-0.05, 0) is 81.1 Å². The first-order chi connectivity index (χ1) is 25.8. The lowest BCUT2D eigenvalue weighted by atomic mass is 9.34. The van der Waals surface area contributed by atoms with Crippen molar-refractivity contribution in [1.82, 2.24) is 0 Å². The maximum atomic E-state index is 6.91. The molecule has 0 radical (unpaired) electrons. The van der Waals surface area contributed by atoms with Crippen LogP contribution in [-0.2, 0) is 0 Å². The first-order valence-electron chi connectivity index (χ1n) is 17.8. The van der Waals surface area contributed by atoms with Crippen molar-refractivity contribution < 1.29 is 9.15 Å². The molecule has 2 aliphatic rings. The molecule has 0 saturated heterocycles. The third-order valence-electron chi connectivity index (χ3n) is 10.7. The Balaban J connectivity index is 1.24. The minimum atomic E-state index is 0.0146. The Bertz CT molecular complexity index is 2780. The van der Waals surface area contributed by atoms with Crippen molar-refractivity contribution in [3.63, 3.8) is 0 Å². The van der Waals surface area contributed by atoms with E-state index in [0.29, 0.717) is 0 Å². The standard InChI is InChI=1S/C48H30BNO2/c1-3-14-31(15-4-1)35-19-13-20-36(32-16-5-2-6-17-32)48(35)50-41-23-10-8-21-39(41)49-40-22-9-12-25-45(40)52-46-30-34(29-42(50)47(46)49)33-26-27-44-38(28-33)37-18-7-11-24-43(37)51-44/h1-30H. The molecule has 0 atom stereocenters. The lowest BCUT2D eigenvalue weighted by molar-refractivity contribution is 0.488. The van der Waals surface area contributed by atoms with Crippen LogP contribution < -0.4 is 26.0 Å². The number of hydrogen-bond donors (Lipinski definition) is 0. The normalized spacial score (nSPS) is 12.7. The average Bonchev–Trinajstić information content (AvgIpc) is 3.59. The predicted molar refractivity (Wildman–Crippen MR) is 216 cm³/mol. The Morgan fingerprint density at radius 1 is 0.404 bits per heavy atom. The highest BCUT2D eigenvalue weighted by atomic mass is 16.5. The lowest BCUT2D eigenvalue weighted by Gasteiger charge is -2.41. The second-order valence-electron chi connectivity index (χ2n) is 13.6. The fourth-order valence-corrected chi connectivity index (χ4v) is 8.44. The molecule has 0 aliphatic carbocycles. The molecule has 52 heavy (non-hydrogen) atoms. The molecule has 0 fully saturated rings. The number of furan rings is 1. The molecule has 0 bridgehead atoms. The number of ether oxygens (including phenoxy) is 1. The third kappa shape index (κ3) is 4.34. The maximum Gasteiger partial charge on any atom is 0.256 e. The molecule has 3 heterocycles. The van der Waals surface area contributed by atoms with Gasteiger partial charge >= 0.3 is 0 Å². The molecule has 0 N–H and O–H groups in total. The summed E-state index contributed by atoms with van der Waals surface area (Å²) in [5.74, 6) is 1.78. The molecule has 1 aromatic heterocycles. The van der Waals surface area contributed by atoms with Crippen molar-refractivity contribution >= 4 is 62.1 Å². The van der Waals surface area contributed by atoms with E-state index in [4.69, 9.17) is 9.15 Å². The second kappa shape index (κ2) is 11.4. The molecule has 8 aromatic carbocycles. The SMILES string of the molecule is c1ccc(-c2cccc(-c3ccccc3)c2N2c3ccccc3B3c4ccccc4Oc4cc(-c5ccc6oc7ccccc7c6c5)cc2c43)cc1. The molecule has 2 aliphatic heterocycles. The van der Waals surface area contributed by atoms with Crippen molar-refractivity contribution in [1.29, 1.82) is 0 Å².